The number of aryl methyl sites for hydroxylation is 2. The molecule has 0 spiro atoms. The number of likely N-dealkylation sites (tertiary alicyclic amines) is 1. The number of piperidine rings is 1. The Morgan fingerprint density at radius 2 is 1.82 bits per heavy atom. The highest BCUT2D eigenvalue weighted by molar-refractivity contribution is 6.34. The van der Waals surface area contributed by atoms with E-state index in [0.29, 0.717) is 10.7 Å². The van der Waals surface area contributed by atoms with Crippen LogP contribution in [0.2, 0.25) is 5.02 Å². The van der Waals surface area contributed by atoms with Gasteiger partial charge in [0.25, 0.3) is 0 Å². The number of carbonyl (C=O) groups excluding carboxylic acids is 2. The fraction of sp³-hybridized carbons (Fsp3) is 0.529. The van der Waals surface area contributed by atoms with Crippen molar-refractivity contribution in [3.63, 3.8) is 0 Å². The van der Waals surface area contributed by atoms with E-state index in [9.17, 15) is 9.59 Å². The average Bonchev–Trinajstić information content (AvgIpc) is 2.45. The van der Waals surface area contributed by atoms with Crippen molar-refractivity contribution in [1.29, 1.82) is 0 Å². The Morgan fingerprint density at radius 1 is 1.18 bits per heavy atom. The second-order valence-corrected chi connectivity index (χ2v) is 6.37. The molecule has 5 heteroatoms. The van der Waals surface area contributed by atoms with E-state index in [1.807, 2.05) is 30.9 Å². The predicted molar refractivity (Wildman–Crippen MR) is 89.4 cm³/mol. The molecule has 22 heavy (non-hydrogen) atoms. The van der Waals surface area contributed by atoms with E-state index in [2.05, 4.69) is 0 Å². The van der Waals surface area contributed by atoms with Gasteiger partial charge in [0, 0.05) is 20.0 Å². The Labute approximate surface area is 137 Å². The van der Waals surface area contributed by atoms with Gasteiger partial charge in [0.1, 0.15) is 6.54 Å². The van der Waals surface area contributed by atoms with Crippen LogP contribution in [0.25, 0.3) is 0 Å². The summed E-state index contributed by atoms with van der Waals surface area (Å²) in [6.07, 6.45) is 3.25. The summed E-state index contributed by atoms with van der Waals surface area (Å²) >= 11 is 6.32. The molecule has 2 rings (SSSR count). The molecular weight excluding hydrogens is 300 g/mol. The Hall–Kier alpha value is -1.55. The largest absolute Gasteiger partial charge is 0.341 e. The molecule has 0 saturated carbocycles. The fourth-order valence-corrected chi connectivity index (χ4v) is 3.40. The Morgan fingerprint density at radius 3 is 2.36 bits per heavy atom. The summed E-state index contributed by atoms with van der Waals surface area (Å²) in [4.78, 5) is 27.9. The van der Waals surface area contributed by atoms with Gasteiger partial charge in [-0.3, -0.25) is 9.59 Å². The van der Waals surface area contributed by atoms with Crippen molar-refractivity contribution in [2.24, 2.45) is 0 Å². The second kappa shape index (κ2) is 7.14. The summed E-state index contributed by atoms with van der Waals surface area (Å²) in [6.45, 7) is 6.96. The topological polar surface area (TPSA) is 40.6 Å². The Bertz CT molecular complexity index is 557. The number of carbonyl (C=O) groups is 2. The summed E-state index contributed by atoms with van der Waals surface area (Å²) in [6, 6.07) is 3.80. The molecule has 0 radical (unpaired) electrons. The van der Waals surface area contributed by atoms with Crippen LogP contribution in [-0.4, -0.2) is 36.3 Å². The number of amides is 2. The second-order valence-electron chi connectivity index (χ2n) is 5.96. The van der Waals surface area contributed by atoms with Crippen molar-refractivity contribution in [3.8, 4) is 0 Å². The lowest BCUT2D eigenvalue weighted by Gasteiger charge is -2.30. The molecule has 1 saturated heterocycles. The lowest BCUT2D eigenvalue weighted by molar-refractivity contribution is -0.132. The van der Waals surface area contributed by atoms with Crippen molar-refractivity contribution in [2.75, 3.05) is 24.5 Å². The van der Waals surface area contributed by atoms with Crippen molar-refractivity contribution in [1.82, 2.24) is 4.90 Å². The van der Waals surface area contributed by atoms with E-state index in [4.69, 9.17) is 11.6 Å². The maximum Gasteiger partial charge on any atom is 0.242 e. The van der Waals surface area contributed by atoms with Gasteiger partial charge in [-0.25, -0.2) is 0 Å². The summed E-state index contributed by atoms with van der Waals surface area (Å²) in [5, 5.41) is 0.513. The third-order valence-corrected chi connectivity index (χ3v) is 4.34. The molecule has 1 aromatic rings. The minimum absolute atomic E-state index is 0.00839. The predicted octanol–water partition coefficient (Wildman–Crippen LogP) is 3.32. The van der Waals surface area contributed by atoms with Gasteiger partial charge in [0.15, 0.2) is 0 Å². The smallest absolute Gasteiger partial charge is 0.242 e. The molecule has 0 atom stereocenters. The molecule has 0 unspecified atom stereocenters. The number of halogens is 1. The summed E-state index contributed by atoms with van der Waals surface area (Å²) in [5.74, 6) is -0.176. The minimum atomic E-state index is -0.167. The van der Waals surface area contributed by atoms with Crippen LogP contribution in [0.5, 0.6) is 0 Å². The number of nitrogens with zero attached hydrogens (tertiary/aromatic N) is 2. The van der Waals surface area contributed by atoms with Gasteiger partial charge in [0.05, 0.1) is 10.7 Å². The molecule has 120 valence electrons. The van der Waals surface area contributed by atoms with Gasteiger partial charge in [-0.15, -0.1) is 0 Å². The number of hydrogen-bond donors (Lipinski definition) is 0. The van der Waals surface area contributed by atoms with E-state index in [1.165, 1.54) is 18.2 Å². The first-order chi connectivity index (χ1) is 10.4. The Kier molecular flexibility index (Phi) is 5.46. The zero-order chi connectivity index (χ0) is 16.3. The summed E-state index contributed by atoms with van der Waals surface area (Å²) in [7, 11) is 0. The summed E-state index contributed by atoms with van der Waals surface area (Å²) in [5.41, 5.74) is 2.59. The quantitative estimate of drug-likeness (QED) is 0.856. The van der Waals surface area contributed by atoms with E-state index in [-0.39, 0.29) is 18.4 Å². The first-order valence-corrected chi connectivity index (χ1v) is 8.10. The van der Waals surface area contributed by atoms with Crippen LogP contribution in [0.4, 0.5) is 5.69 Å². The van der Waals surface area contributed by atoms with E-state index < -0.39 is 0 Å². The van der Waals surface area contributed by atoms with Crippen LogP contribution >= 0.6 is 11.6 Å². The van der Waals surface area contributed by atoms with Gasteiger partial charge in [-0.2, -0.15) is 0 Å². The SMILES string of the molecule is CC(=O)N(CC(=O)N1CCCCC1)c1c(C)cc(C)cc1Cl. The van der Waals surface area contributed by atoms with Gasteiger partial charge in [0.2, 0.25) is 11.8 Å². The van der Waals surface area contributed by atoms with Gasteiger partial charge in [-0.05, 0) is 50.3 Å². The lowest BCUT2D eigenvalue weighted by atomic mass is 10.1. The molecule has 1 aliphatic rings. The summed E-state index contributed by atoms with van der Waals surface area (Å²) < 4.78 is 0. The number of anilines is 1. The molecule has 1 aromatic carbocycles. The van der Waals surface area contributed by atoms with Gasteiger partial charge >= 0.3 is 0 Å². The fourth-order valence-electron chi connectivity index (χ4n) is 2.98. The minimum Gasteiger partial charge on any atom is -0.341 e. The first-order valence-electron chi connectivity index (χ1n) is 7.72. The molecule has 4 nitrogen and oxygen atoms in total. The monoisotopic (exact) mass is 322 g/mol. The normalized spacial score (nSPS) is 14.8. The molecule has 0 bridgehead atoms. The van der Waals surface area contributed by atoms with Crippen LogP contribution < -0.4 is 4.90 Å². The maximum absolute atomic E-state index is 12.5. The average molecular weight is 323 g/mol. The van der Waals surface area contributed by atoms with Crippen LogP contribution in [0.15, 0.2) is 12.1 Å². The van der Waals surface area contributed by atoms with Gasteiger partial charge in [-0.1, -0.05) is 17.7 Å². The molecule has 0 aliphatic carbocycles. The maximum atomic E-state index is 12.5. The molecular formula is C17H23ClN2O2. The molecule has 1 aliphatic heterocycles. The van der Waals surface area contributed by atoms with E-state index in [1.54, 1.807) is 0 Å². The van der Waals surface area contributed by atoms with E-state index >= 15 is 0 Å². The molecule has 0 aromatic heterocycles. The molecule has 2 amide bonds. The van der Waals surface area contributed by atoms with Crippen molar-refractivity contribution >= 4 is 29.1 Å². The van der Waals surface area contributed by atoms with Crippen LogP contribution in [0.3, 0.4) is 0 Å². The number of hydrogen-bond acceptors (Lipinski definition) is 2. The zero-order valence-corrected chi connectivity index (χ0v) is 14.2. The third kappa shape index (κ3) is 3.80. The van der Waals surface area contributed by atoms with Crippen LogP contribution in [-0.2, 0) is 9.59 Å². The molecule has 1 fully saturated rings. The van der Waals surface area contributed by atoms with Crippen LogP contribution in [0, 0.1) is 13.8 Å². The third-order valence-electron chi connectivity index (χ3n) is 4.05. The molecule has 0 N–H and O–H groups in total. The van der Waals surface area contributed by atoms with Crippen molar-refractivity contribution in [2.45, 2.75) is 40.0 Å². The van der Waals surface area contributed by atoms with Crippen molar-refractivity contribution in [3.05, 3.63) is 28.3 Å². The molecule has 1 heterocycles. The van der Waals surface area contributed by atoms with Crippen molar-refractivity contribution < 1.29 is 9.59 Å². The zero-order valence-electron chi connectivity index (χ0n) is 13.5. The van der Waals surface area contributed by atoms with Gasteiger partial charge < -0.3 is 9.80 Å². The number of rotatable bonds is 3. The van der Waals surface area contributed by atoms with E-state index in [0.717, 1.165) is 37.1 Å². The lowest BCUT2D eigenvalue weighted by Crippen LogP contribution is -2.44. The highest BCUT2D eigenvalue weighted by Crippen LogP contribution is 2.31. The number of benzene rings is 1. The Balaban J connectivity index is 2.24. The highest BCUT2D eigenvalue weighted by Gasteiger charge is 2.24. The first kappa shape index (κ1) is 16.8. The van der Waals surface area contributed by atoms with Crippen LogP contribution in [0.1, 0.15) is 37.3 Å². The highest BCUT2D eigenvalue weighted by atomic mass is 35.5. The standard InChI is InChI=1S/C17H23ClN2O2/c1-12-9-13(2)17(15(18)10-12)20(14(3)21)11-16(22)19-7-5-4-6-8-19/h9-10H,4-8,11H2,1-3H3.